The Kier molecular flexibility index (Phi) is 45.2. The average Bonchev–Trinajstić information content (AvgIpc) is 3.37. The Balaban J connectivity index is 2.71. The van der Waals surface area contributed by atoms with Crippen LogP contribution in [0.25, 0.3) is 0 Å². The first-order valence-corrected chi connectivity index (χ1v) is 29.1. The van der Waals surface area contributed by atoms with E-state index in [2.05, 4.69) is 74.7 Å². The molecule has 6 N–H and O–H groups in total. The molecular weight excluding hydrogens is 895 g/mol. The van der Waals surface area contributed by atoms with Crippen LogP contribution >= 0.6 is 0 Å². The molecule has 11 heteroatoms. The van der Waals surface area contributed by atoms with Gasteiger partial charge in [-0.05, 0) is 83.5 Å². The second-order valence-corrected chi connectivity index (χ2v) is 20.0. The van der Waals surface area contributed by atoms with Crippen LogP contribution in [0.1, 0.15) is 245 Å². The zero-order valence-corrected chi connectivity index (χ0v) is 45.3. The van der Waals surface area contributed by atoms with Crippen molar-refractivity contribution in [3.05, 3.63) is 60.8 Å². The number of rotatable bonds is 48. The van der Waals surface area contributed by atoms with Gasteiger partial charge in [0.1, 0.15) is 24.4 Å². The lowest BCUT2D eigenvalue weighted by atomic mass is 9.99. The van der Waals surface area contributed by atoms with Crippen molar-refractivity contribution >= 4 is 11.9 Å². The molecule has 71 heavy (non-hydrogen) atoms. The van der Waals surface area contributed by atoms with Gasteiger partial charge in [0.05, 0.1) is 25.4 Å². The summed E-state index contributed by atoms with van der Waals surface area (Å²) >= 11 is 0. The van der Waals surface area contributed by atoms with Gasteiger partial charge in [0.2, 0.25) is 5.91 Å². The van der Waals surface area contributed by atoms with Crippen LogP contribution < -0.4 is 5.32 Å². The molecule has 1 fully saturated rings. The van der Waals surface area contributed by atoms with E-state index in [1.165, 1.54) is 96.3 Å². The quantitative estimate of drug-likeness (QED) is 0.0196. The number of allylic oxidation sites excluding steroid dienone is 9. The molecule has 1 aliphatic heterocycles. The SMILES string of the molecule is CCCC/C=C\CCCCCCC(O)C(=O)NC(COC1OC(CO)C(O)C(O)C1OC(=O)CCCCCCCC/C=C\C/C=C\C/C=C\CCCCC)C(O)/C=C/CCCCCCCCCCCCC. The second kappa shape index (κ2) is 48.3. The Morgan fingerprint density at radius 1 is 0.549 bits per heavy atom. The third-order valence-electron chi connectivity index (χ3n) is 13.4. The molecule has 0 aromatic heterocycles. The van der Waals surface area contributed by atoms with Gasteiger partial charge in [-0.1, -0.05) is 216 Å². The van der Waals surface area contributed by atoms with Crippen LogP contribution in [0.2, 0.25) is 0 Å². The van der Waals surface area contributed by atoms with E-state index in [0.717, 1.165) is 103 Å². The zero-order chi connectivity index (χ0) is 51.8. The summed E-state index contributed by atoms with van der Waals surface area (Å²) in [6.07, 6.45) is 48.3. The van der Waals surface area contributed by atoms with Crippen LogP contribution in [0, 0.1) is 0 Å². The minimum absolute atomic E-state index is 0.107. The Morgan fingerprint density at radius 3 is 1.54 bits per heavy atom. The predicted octanol–water partition coefficient (Wildman–Crippen LogP) is 13.1. The molecule has 412 valence electrons. The summed E-state index contributed by atoms with van der Waals surface area (Å²) in [6.45, 7) is 5.69. The fraction of sp³-hybridized carbons (Fsp3) is 0.800. The van der Waals surface area contributed by atoms with E-state index >= 15 is 0 Å². The highest BCUT2D eigenvalue weighted by Gasteiger charge is 2.47. The summed E-state index contributed by atoms with van der Waals surface area (Å²) in [4.78, 5) is 26.4. The molecule has 1 aliphatic rings. The molecule has 0 radical (unpaired) electrons. The number of ether oxygens (including phenoxy) is 3. The van der Waals surface area contributed by atoms with Gasteiger partial charge < -0.3 is 45.1 Å². The van der Waals surface area contributed by atoms with Crippen molar-refractivity contribution in [1.29, 1.82) is 0 Å². The second-order valence-electron chi connectivity index (χ2n) is 20.0. The van der Waals surface area contributed by atoms with E-state index in [9.17, 15) is 35.1 Å². The molecule has 1 rings (SSSR count). The van der Waals surface area contributed by atoms with Crippen LogP contribution in [-0.2, 0) is 23.8 Å². The normalized spacial score (nSPS) is 20.0. The van der Waals surface area contributed by atoms with E-state index in [0.29, 0.717) is 12.8 Å². The summed E-state index contributed by atoms with van der Waals surface area (Å²) in [5.41, 5.74) is 0. The number of hydrogen-bond donors (Lipinski definition) is 6. The first kappa shape index (κ1) is 66.4. The van der Waals surface area contributed by atoms with Crippen LogP contribution in [0.15, 0.2) is 60.8 Å². The molecule has 0 saturated carbocycles. The minimum Gasteiger partial charge on any atom is -0.454 e. The summed E-state index contributed by atoms with van der Waals surface area (Å²) < 4.78 is 17.6. The molecule has 0 aromatic rings. The maximum Gasteiger partial charge on any atom is 0.306 e. The van der Waals surface area contributed by atoms with Gasteiger partial charge in [-0.15, -0.1) is 0 Å². The molecule has 8 atom stereocenters. The molecule has 1 amide bonds. The van der Waals surface area contributed by atoms with Crippen LogP contribution in [-0.4, -0.2) is 99.6 Å². The maximum absolute atomic E-state index is 13.3. The standard InChI is InChI=1S/C60H107NO10/c1-4-7-10-13-16-19-22-24-25-26-27-28-29-31-33-36-39-42-45-48-55(65)71-58-57(67)56(66)54(49-62)70-60(58)69-50-51(52(63)46-43-40-37-35-32-30-23-20-17-14-11-8-5-2)61-59(68)53(64)47-44-41-38-34-21-18-15-12-9-6-3/h15-16,18-19,24-25,27-28,43,46,51-54,56-58,60,62-64,66-67H,4-14,17,20-23,26,29-42,44-45,47-50H2,1-3H3,(H,61,68)/b18-15-,19-16-,25-24-,28-27-,46-43+. The fourth-order valence-electron chi connectivity index (χ4n) is 8.70. The molecule has 8 unspecified atom stereocenters. The highest BCUT2D eigenvalue weighted by atomic mass is 16.7. The van der Waals surface area contributed by atoms with Gasteiger partial charge in [-0.3, -0.25) is 9.59 Å². The Hall–Kier alpha value is -2.64. The molecule has 0 spiro atoms. The Bertz CT molecular complexity index is 1380. The topological polar surface area (TPSA) is 175 Å². The number of aliphatic hydroxyl groups excluding tert-OH is 5. The number of esters is 1. The Morgan fingerprint density at radius 2 is 0.986 bits per heavy atom. The molecular formula is C60H107NO10. The number of amides is 1. The zero-order valence-electron chi connectivity index (χ0n) is 45.3. The van der Waals surface area contributed by atoms with Crippen LogP contribution in [0.4, 0.5) is 0 Å². The van der Waals surface area contributed by atoms with Crippen molar-refractivity contribution in [2.45, 2.75) is 294 Å². The highest BCUT2D eigenvalue weighted by molar-refractivity contribution is 5.80. The lowest BCUT2D eigenvalue weighted by molar-refractivity contribution is -0.305. The van der Waals surface area contributed by atoms with E-state index in [-0.39, 0.29) is 19.4 Å². The largest absolute Gasteiger partial charge is 0.454 e. The molecule has 1 saturated heterocycles. The summed E-state index contributed by atoms with van der Waals surface area (Å²) in [6, 6.07) is -1.03. The number of unbranched alkanes of at least 4 members (excludes halogenated alkanes) is 26. The van der Waals surface area contributed by atoms with Crippen molar-refractivity contribution in [3.8, 4) is 0 Å². The number of hydrogen-bond acceptors (Lipinski definition) is 10. The maximum atomic E-state index is 13.3. The minimum atomic E-state index is -1.62. The summed E-state index contributed by atoms with van der Waals surface area (Å²) in [7, 11) is 0. The number of carbonyl (C=O) groups is 2. The van der Waals surface area contributed by atoms with Gasteiger partial charge in [0.15, 0.2) is 12.4 Å². The monoisotopic (exact) mass is 1000 g/mol. The van der Waals surface area contributed by atoms with Gasteiger partial charge in [0, 0.05) is 6.42 Å². The highest BCUT2D eigenvalue weighted by Crippen LogP contribution is 2.26. The number of aliphatic hydroxyl groups is 5. The third-order valence-corrected chi connectivity index (χ3v) is 13.4. The van der Waals surface area contributed by atoms with Crippen molar-refractivity contribution in [2.75, 3.05) is 13.2 Å². The summed E-state index contributed by atoms with van der Waals surface area (Å²) in [5.74, 6) is -1.22. The molecule has 0 bridgehead atoms. The Labute approximate surface area is 433 Å². The fourth-order valence-corrected chi connectivity index (χ4v) is 8.70. The first-order valence-electron chi connectivity index (χ1n) is 29.1. The van der Waals surface area contributed by atoms with E-state index in [1.54, 1.807) is 6.08 Å². The van der Waals surface area contributed by atoms with Gasteiger partial charge in [-0.25, -0.2) is 0 Å². The van der Waals surface area contributed by atoms with Gasteiger partial charge >= 0.3 is 5.97 Å². The summed E-state index contributed by atoms with van der Waals surface area (Å²) in [5, 5.41) is 56.7. The molecule has 0 aromatic carbocycles. The third kappa shape index (κ3) is 36.9. The van der Waals surface area contributed by atoms with Crippen molar-refractivity contribution in [1.82, 2.24) is 5.32 Å². The van der Waals surface area contributed by atoms with E-state index < -0.39 is 67.4 Å². The lowest BCUT2D eigenvalue weighted by Crippen LogP contribution is -2.61. The first-order chi connectivity index (χ1) is 34.7. The smallest absolute Gasteiger partial charge is 0.306 e. The number of nitrogens with one attached hydrogen (secondary N) is 1. The number of carbonyl (C=O) groups excluding carboxylic acids is 2. The van der Waals surface area contributed by atoms with Gasteiger partial charge in [0.25, 0.3) is 0 Å². The molecule has 11 nitrogen and oxygen atoms in total. The van der Waals surface area contributed by atoms with Gasteiger partial charge in [-0.2, -0.15) is 0 Å². The van der Waals surface area contributed by atoms with Crippen LogP contribution in [0.5, 0.6) is 0 Å². The predicted molar refractivity (Wildman–Crippen MR) is 292 cm³/mol. The molecule has 0 aliphatic carbocycles. The van der Waals surface area contributed by atoms with Crippen LogP contribution in [0.3, 0.4) is 0 Å². The van der Waals surface area contributed by atoms with Crippen molar-refractivity contribution < 1.29 is 49.3 Å². The molecule has 1 heterocycles. The van der Waals surface area contributed by atoms with Crippen molar-refractivity contribution in [2.24, 2.45) is 0 Å². The van der Waals surface area contributed by atoms with E-state index in [1.807, 2.05) is 6.08 Å². The lowest BCUT2D eigenvalue weighted by Gasteiger charge is -2.41. The average molecular weight is 1000 g/mol. The van der Waals surface area contributed by atoms with E-state index in [4.69, 9.17) is 14.2 Å². The van der Waals surface area contributed by atoms with Crippen molar-refractivity contribution in [3.63, 3.8) is 0 Å².